The van der Waals surface area contributed by atoms with Crippen molar-refractivity contribution in [2.45, 2.75) is 96.3 Å². The third kappa shape index (κ3) is 4.75. The molecular formula is C24H36N4O2. The molecule has 0 saturated carbocycles. The first-order valence-electron chi connectivity index (χ1n) is 11.1. The zero-order chi connectivity index (χ0) is 21.9. The number of benzene rings is 1. The Morgan fingerprint density at radius 3 is 2.13 bits per heavy atom. The Morgan fingerprint density at radius 2 is 1.63 bits per heavy atom. The second-order valence-corrected chi connectivity index (χ2v) is 9.93. The van der Waals surface area contributed by atoms with Crippen molar-refractivity contribution in [2.75, 3.05) is 0 Å². The Hall–Kier alpha value is -2.21. The Labute approximate surface area is 180 Å². The van der Waals surface area contributed by atoms with E-state index >= 15 is 0 Å². The molecule has 2 aliphatic heterocycles. The SMILES string of the molecule is CC(C)c1nnc(C(C)(C)C)n1C1CC2CCC(C1)N2Cc1ccccc1.O=CO. The molecule has 2 aromatic rings. The molecule has 2 aliphatic rings. The number of fused-ring (bicyclic) bond motifs is 2. The molecular weight excluding hydrogens is 376 g/mol. The zero-order valence-electron chi connectivity index (χ0n) is 19.0. The molecule has 6 heteroatoms. The summed E-state index contributed by atoms with van der Waals surface area (Å²) in [6.07, 6.45) is 5.12. The van der Waals surface area contributed by atoms with Crippen LogP contribution in [-0.2, 0) is 16.8 Å². The molecule has 2 fully saturated rings. The minimum absolute atomic E-state index is 0.0281. The number of hydrogen-bond donors (Lipinski definition) is 1. The molecule has 4 rings (SSSR count). The summed E-state index contributed by atoms with van der Waals surface area (Å²) in [5.41, 5.74) is 1.47. The lowest BCUT2D eigenvalue weighted by Crippen LogP contribution is -2.43. The van der Waals surface area contributed by atoms with Crippen LogP contribution in [0.3, 0.4) is 0 Å². The first-order chi connectivity index (χ1) is 14.3. The molecule has 0 radical (unpaired) electrons. The third-order valence-electron chi connectivity index (χ3n) is 6.34. The number of carbonyl (C=O) groups is 1. The summed E-state index contributed by atoms with van der Waals surface area (Å²) in [6, 6.07) is 12.9. The van der Waals surface area contributed by atoms with E-state index in [0.29, 0.717) is 24.0 Å². The molecule has 0 amide bonds. The molecule has 164 valence electrons. The highest BCUT2D eigenvalue weighted by Crippen LogP contribution is 2.43. The van der Waals surface area contributed by atoms with Gasteiger partial charge in [0, 0.05) is 36.0 Å². The minimum atomic E-state index is -0.250. The average Bonchev–Trinajstić information content (AvgIpc) is 3.22. The molecule has 1 aromatic carbocycles. The van der Waals surface area contributed by atoms with Crippen LogP contribution in [0.15, 0.2) is 30.3 Å². The maximum atomic E-state index is 8.36. The Kier molecular flexibility index (Phi) is 6.96. The van der Waals surface area contributed by atoms with E-state index in [9.17, 15) is 0 Å². The molecule has 0 aliphatic carbocycles. The quantitative estimate of drug-likeness (QED) is 0.733. The van der Waals surface area contributed by atoms with Gasteiger partial charge in [-0.3, -0.25) is 9.69 Å². The first-order valence-corrected chi connectivity index (χ1v) is 11.1. The van der Waals surface area contributed by atoms with Crippen LogP contribution >= 0.6 is 0 Å². The van der Waals surface area contributed by atoms with E-state index in [1.807, 2.05) is 0 Å². The van der Waals surface area contributed by atoms with E-state index in [0.717, 1.165) is 12.4 Å². The van der Waals surface area contributed by atoms with Gasteiger partial charge >= 0.3 is 0 Å². The van der Waals surface area contributed by atoms with Gasteiger partial charge in [0.25, 0.3) is 6.47 Å². The normalized spacial score (nSPS) is 23.9. The maximum Gasteiger partial charge on any atom is 0.290 e. The van der Waals surface area contributed by atoms with Crippen LogP contribution in [0.4, 0.5) is 0 Å². The number of aromatic nitrogens is 3. The minimum Gasteiger partial charge on any atom is -0.483 e. The van der Waals surface area contributed by atoms with Gasteiger partial charge in [0.1, 0.15) is 11.6 Å². The van der Waals surface area contributed by atoms with Crippen molar-refractivity contribution in [1.82, 2.24) is 19.7 Å². The van der Waals surface area contributed by atoms with Gasteiger partial charge in [-0.2, -0.15) is 0 Å². The maximum absolute atomic E-state index is 8.36. The van der Waals surface area contributed by atoms with Gasteiger partial charge in [0.15, 0.2) is 0 Å². The summed E-state index contributed by atoms with van der Waals surface area (Å²) in [7, 11) is 0. The lowest BCUT2D eigenvalue weighted by molar-refractivity contribution is -0.122. The second kappa shape index (κ2) is 9.29. The molecule has 30 heavy (non-hydrogen) atoms. The van der Waals surface area contributed by atoms with Crippen molar-refractivity contribution in [3.05, 3.63) is 47.5 Å². The van der Waals surface area contributed by atoms with Crippen LogP contribution in [0.5, 0.6) is 0 Å². The van der Waals surface area contributed by atoms with Gasteiger partial charge in [-0.25, -0.2) is 0 Å². The topological polar surface area (TPSA) is 71.2 Å². The Morgan fingerprint density at radius 1 is 1.07 bits per heavy atom. The smallest absolute Gasteiger partial charge is 0.290 e. The summed E-state index contributed by atoms with van der Waals surface area (Å²) < 4.78 is 2.52. The summed E-state index contributed by atoms with van der Waals surface area (Å²) in [6.45, 7) is 12.1. The van der Waals surface area contributed by atoms with E-state index in [-0.39, 0.29) is 11.9 Å². The van der Waals surface area contributed by atoms with E-state index in [2.05, 4.69) is 84.6 Å². The largest absolute Gasteiger partial charge is 0.483 e. The predicted octanol–water partition coefficient (Wildman–Crippen LogP) is 4.77. The second-order valence-electron chi connectivity index (χ2n) is 9.93. The molecule has 2 bridgehead atoms. The van der Waals surface area contributed by atoms with Gasteiger partial charge in [-0.05, 0) is 31.2 Å². The summed E-state index contributed by atoms with van der Waals surface area (Å²) >= 11 is 0. The van der Waals surface area contributed by atoms with Crippen LogP contribution in [0.25, 0.3) is 0 Å². The van der Waals surface area contributed by atoms with Crippen molar-refractivity contribution >= 4 is 6.47 Å². The van der Waals surface area contributed by atoms with Crippen LogP contribution in [0.2, 0.25) is 0 Å². The fraction of sp³-hybridized carbons (Fsp3) is 0.625. The molecule has 0 spiro atoms. The van der Waals surface area contributed by atoms with E-state index in [1.165, 1.54) is 37.1 Å². The van der Waals surface area contributed by atoms with Crippen LogP contribution in [0, 0.1) is 0 Å². The van der Waals surface area contributed by atoms with Gasteiger partial charge in [-0.15, -0.1) is 10.2 Å². The van der Waals surface area contributed by atoms with Crippen LogP contribution < -0.4 is 0 Å². The fourth-order valence-electron chi connectivity index (χ4n) is 5.08. The van der Waals surface area contributed by atoms with Gasteiger partial charge in [0.2, 0.25) is 0 Å². The van der Waals surface area contributed by atoms with E-state index in [4.69, 9.17) is 9.90 Å². The van der Waals surface area contributed by atoms with Crippen LogP contribution in [0.1, 0.15) is 89.5 Å². The molecule has 1 N–H and O–H groups in total. The Balaban J connectivity index is 0.000000806. The lowest BCUT2D eigenvalue weighted by atomic mass is 9.91. The fourth-order valence-corrected chi connectivity index (χ4v) is 5.08. The first kappa shape index (κ1) is 22.5. The summed E-state index contributed by atoms with van der Waals surface area (Å²) in [5.74, 6) is 2.74. The number of hydrogen-bond acceptors (Lipinski definition) is 4. The standard InChI is InChI=1S/C23H34N4.CH2O2/c1-16(2)21-24-25-22(23(3,4)5)27(21)20-13-18-11-12-19(14-20)26(18)15-17-9-7-6-8-10-17;2-1-3/h6-10,16,18-20H,11-15H2,1-5H3;1H,(H,2,3). The molecule has 3 heterocycles. The Bertz CT molecular complexity index is 811. The van der Waals surface area contributed by atoms with Gasteiger partial charge < -0.3 is 9.67 Å². The number of carboxylic acid groups (broad SMARTS) is 1. The summed E-state index contributed by atoms with van der Waals surface area (Å²) in [4.78, 5) is 11.1. The van der Waals surface area contributed by atoms with Crippen molar-refractivity contribution < 1.29 is 9.90 Å². The van der Waals surface area contributed by atoms with Crippen molar-refractivity contribution in [3.63, 3.8) is 0 Å². The molecule has 2 atom stereocenters. The number of rotatable bonds is 4. The van der Waals surface area contributed by atoms with Gasteiger partial charge in [0.05, 0.1) is 0 Å². The summed E-state index contributed by atoms with van der Waals surface area (Å²) in [5, 5.41) is 16.1. The highest BCUT2D eigenvalue weighted by atomic mass is 16.3. The highest BCUT2D eigenvalue weighted by Gasteiger charge is 2.43. The highest BCUT2D eigenvalue weighted by molar-refractivity contribution is 5.32. The van der Waals surface area contributed by atoms with Crippen molar-refractivity contribution in [1.29, 1.82) is 0 Å². The zero-order valence-corrected chi connectivity index (χ0v) is 19.0. The van der Waals surface area contributed by atoms with Crippen LogP contribution in [-0.4, -0.2) is 43.3 Å². The molecule has 2 unspecified atom stereocenters. The average molecular weight is 413 g/mol. The molecule has 2 saturated heterocycles. The van der Waals surface area contributed by atoms with Crippen molar-refractivity contribution in [2.24, 2.45) is 0 Å². The lowest BCUT2D eigenvalue weighted by Gasteiger charge is -2.41. The van der Waals surface area contributed by atoms with E-state index in [1.54, 1.807) is 0 Å². The molecule has 6 nitrogen and oxygen atoms in total. The predicted molar refractivity (Wildman–Crippen MR) is 119 cm³/mol. The molecule has 1 aromatic heterocycles. The van der Waals surface area contributed by atoms with Gasteiger partial charge in [-0.1, -0.05) is 65.0 Å². The third-order valence-corrected chi connectivity index (χ3v) is 6.34. The van der Waals surface area contributed by atoms with Crippen molar-refractivity contribution in [3.8, 4) is 0 Å². The number of piperidine rings is 1. The number of nitrogens with zero attached hydrogens (tertiary/aromatic N) is 4. The van der Waals surface area contributed by atoms with E-state index < -0.39 is 0 Å². The monoisotopic (exact) mass is 412 g/mol.